The molecule has 0 amide bonds. The van der Waals surface area contributed by atoms with Crippen LogP contribution in [0.15, 0.2) is 29.3 Å². The van der Waals surface area contributed by atoms with Gasteiger partial charge in [-0.05, 0) is 12.5 Å². The van der Waals surface area contributed by atoms with Crippen LogP contribution >= 0.6 is 0 Å². The van der Waals surface area contributed by atoms with Gasteiger partial charge in [-0.1, -0.05) is 29.8 Å². The highest BCUT2D eigenvalue weighted by Crippen LogP contribution is 2.14. The van der Waals surface area contributed by atoms with Crippen molar-refractivity contribution in [2.24, 2.45) is 4.99 Å². The molecule has 2 aliphatic heterocycles. The molecule has 0 aromatic heterocycles. The Morgan fingerprint density at radius 2 is 2.31 bits per heavy atom. The molecule has 16 heavy (non-hydrogen) atoms. The third kappa shape index (κ3) is 1.83. The number of hydrogen-bond acceptors (Lipinski definition) is 3. The molecule has 84 valence electrons. The largest absolute Gasteiger partial charge is 0.367 e. The van der Waals surface area contributed by atoms with Gasteiger partial charge in [0.05, 0.1) is 12.1 Å². The van der Waals surface area contributed by atoms with Gasteiger partial charge in [0.2, 0.25) is 0 Å². The normalized spacial score (nSPS) is 27.4. The van der Waals surface area contributed by atoms with Crippen molar-refractivity contribution in [3.8, 4) is 0 Å². The predicted molar refractivity (Wildman–Crippen MR) is 65.9 cm³/mol. The van der Waals surface area contributed by atoms with Gasteiger partial charge in [0.1, 0.15) is 5.84 Å². The maximum Gasteiger partial charge on any atom is 0.102 e. The second kappa shape index (κ2) is 3.91. The van der Waals surface area contributed by atoms with Crippen LogP contribution in [-0.2, 0) is 6.42 Å². The Hall–Kier alpha value is -1.35. The maximum atomic E-state index is 4.72. The Morgan fingerprint density at radius 1 is 1.38 bits per heavy atom. The van der Waals surface area contributed by atoms with E-state index in [2.05, 4.69) is 41.8 Å². The summed E-state index contributed by atoms with van der Waals surface area (Å²) in [5, 5.41) is 6.86. The van der Waals surface area contributed by atoms with E-state index in [4.69, 9.17) is 4.99 Å². The number of rotatable bonds is 2. The third-order valence-electron chi connectivity index (χ3n) is 3.31. The Morgan fingerprint density at radius 3 is 3.12 bits per heavy atom. The van der Waals surface area contributed by atoms with E-state index in [1.807, 2.05) is 0 Å². The fourth-order valence-corrected chi connectivity index (χ4v) is 2.51. The lowest BCUT2D eigenvalue weighted by atomic mass is 10.1. The smallest absolute Gasteiger partial charge is 0.102 e. The topological polar surface area (TPSA) is 36.4 Å². The number of fused-ring (bicyclic) bond motifs is 1. The molecule has 1 fully saturated rings. The summed E-state index contributed by atoms with van der Waals surface area (Å²) >= 11 is 0. The van der Waals surface area contributed by atoms with Gasteiger partial charge >= 0.3 is 0 Å². The van der Waals surface area contributed by atoms with E-state index in [9.17, 15) is 0 Å². The number of benzene rings is 1. The summed E-state index contributed by atoms with van der Waals surface area (Å²) in [4.78, 5) is 4.72. The molecule has 1 aromatic rings. The first kappa shape index (κ1) is 9.85. The summed E-state index contributed by atoms with van der Waals surface area (Å²) in [7, 11) is 0. The zero-order chi connectivity index (χ0) is 11.0. The number of aryl methyl sites for hydroxylation is 1. The second-order valence-corrected chi connectivity index (χ2v) is 4.72. The SMILES string of the molecule is Cc1cccc(CC2=NC3CNCC3N2)c1. The molecule has 2 N–H and O–H groups in total. The van der Waals surface area contributed by atoms with Gasteiger partial charge < -0.3 is 10.6 Å². The molecule has 3 rings (SSSR count). The van der Waals surface area contributed by atoms with E-state index in [1.165, 1.54) is 11.1 Å². The summed E-state index contributed by atoms with van der Waals surface area (Å²) in [5.41, 5.74) is 2.66. The van der Waals surface area contributed by atoms with Gasteiger partial charge in [0.25, 0.3) is 0 Å². The van der Waals surface area contributed by atoms with Crippen molar-refractivity contribution in [1.29, 1.82) is 0 Å². The van der Waals surface area contributed by atoms with Gasteiger partial charge in [-0.3, -0.25) is 4.99 Å². The molecule has 1 saturated heterocycles. The first-order valence-corrected chi connectivity index (χ1v) is 5.91. The zero-order valence-corrected chi connectivity index (χ0v) is 9.53. The minimum atomic E-state index is 0.458. The first-order valence-electron chi connectivity index (χ1n) is 5.91. The molecule has 2 atom stereocenters. The fourth-order valence-electron chi connectivity index (χ4n) is 2.51. The van der Waals surface area contributed by atoms with E-state index >= 15 is 0 Å². The molecule has 3 heteroatoms. The zero-order valence-electron chi connectivity index (χ0n) is 9.53. The summed E-state index contributed by atoms with van der Waals surface area (Å²) < 4.78 is 0. The highest BCUT2D eigenvalue weighted by atomic mass is 15.2. The van der Waals surface area contributed by atoms with Crippen LogP contribution in [0.3, 0.4) is 0 Å². The molecule has 2 unspecified atom stereocenters. The quantitative estimate of drug-likeness (QED) is 0.768. The molecule has 0 spiro atoms. The summed E-state index contributed by atoms with van der Waals surface area (Å²) in [6, 6.07) is 9.63. The van der Waals surface area contributed by atoms with Crippen LogP contribution < -0.4 is 10.6 Å². The number of aliphatic imine (C=N–C) groups is 1. The van der Waals surface area contributed by atoms with E-state index in [1.54, 1.807) is 0 Å². The number of nitrogens with one attached hydrogen (secondary N) is 2. The fraction of sp³-hybridized carbons (Fsp3) is 0.462. The van der Waals surface area contributed by atoms with Crippen molar-refractivity contribution >= 4 is 5.84 Å². The van der Waals surface area contributed by atoms with Crippen molar-refractivity contribution in [1.82, 2.24) is 10.6 Å². The van der Waals surface area contributed by atoms with Crippen LogP contribution in [0.2, 0.25) is 0 Å². The Labute approximate surface area is 96.0 Å². The number of nitrogens with zero attached hydrogens (tertiary/aromatic N) is 1. The van der Waals surface area contributed by atoms with E-state index in [-0.39, 0.29) is 0 Å². The minimum absolute atomic E-state index is 0.458. The molecule has 0 saturated carbocycles. The van der Waals surface area contributed by atoms with Gasteiger partial charge in [0, 0.05) is 19.5 Å². The molecular weight excluding hydrogens is 198 g/mol. The molecular formula is C13H17N3. The number of hydrogen-bond donors (Lipinski definition) is 2. The van der Waals surface area contributed by atoms with Crippen LogP contribution in [0.4, 0.5) is 0 Å². The summed E-state index contributed by atoms with van der Waals surface area (Å²) in [5.74, 6) is 1.15. The Bertz CT molecular complexity index is 425. The van der Waals surface area contributed by atoms with E-state index in [0.717, 1.165) is 25.3 Å². The van der Waals surface area contributed by atoms with Crippen molar-refractivity contribution < 1.29 is 0 Å². The van der Waals surface area contributed by atoms with Gasteiger partial charge in [-0.2, -0.15) is 0 Å². The predicted octanol–water partition coefficient (Wildman–Crippen LogP) is 0.880. The van der Waals surface area contributed by atoms with Crippen molar-refractivity contribution in [3.05, 3.63) is 35.4 Å². The monoisotopic (exact) mass is 215 g/mol. The standard InChI is InChI=1S/C13H17N3/c1-9-3-2-4-10(5-9)6-13-15-11-7-14-8-12(11)16-13/h2-5,11-12,14H,6-8H2,1H3,(H,15,16). The summed E-state index contributed by atoms with van der Waals surface area (Å²) in [6.07, 6.45) is 0.939. The Kier molecular flexibility index (Phi) is 2.40. The van der Waals surface area contributed by atoms with Crippen molar-refractivity contribution in [2.45, 2.75) is 25.4 Å². The van der Waals surface area contributed by atoms with Crippen LogP contribution in [-0.4, -0.2) is 31.0 Å². The lowest BCUT2D eigenvalue weighted by molar-refractivity contribution is 0.636. The molecule has 2 heterocycles. The van der Waals surface area contributed by atoms with Crippen LogP contribution in [0, 0.1) is 6.92 Å². The lowest BCUT2D eigenvalue weighted by Crippen LogP contribution is -2.35. The van der Waals surface area contributed by atoms with Crippen molar-refractivity contribution in [2.75, 3.05) is 13.1 Å². The molecule has 3 nitrogen and oxygen atoms in total. The van der Waals surface area contributed by atoms with Crippen molar-refractivity contribution in [3.63, 3.8) is 0 Å². The first-order chi connectivity index (χ1) is 7.81. The second-order valence-electron chi connectivity index (χ2n) is 4.72. The van der Waals surface area contributed by atoms with Crippen LogP contribution in [0.25, 0.3) is 0 Å². The van der Waals surface area contributed by atoms with Crippen LogP contribution in [0.1, 0.15) is 11.1 Å². The molecule has 0 bridgehead atoms. The molecule has 0 aliphatic carbocycles. The lowest BCUT2D eigenvalue weighted by Gasteiger charge is -2.08. The molecule has 0 radical (unpaired) electrons. The van der Waals surface area contributed by atoms with E-state index < -0.39 is 0 Å². The highest BCUT2D eigenvalue weighted by Gasteiger charge is 2.32. The molecule has 2 aliphatic rings. The Balaban J connectivity index is 1.72. The van der Waals surface area contributed by atoms with Crippen LogP contribution in [0.5, 0.6) is 0 Å². The average molecular weight is 215 g/mol. The average Bonchev–Trinajstić information content (AvgIpc) is 2.77. The van der Waals surface area contributed by atoms with E-state index in [0.29, 0.717) is 12.1 Å². The van der Waals surface area contributed by atoms with Gasteiger partial charge in [0.15, 0.2) is 0 Å². The highest BCUT2D eigenvalue weighted by molar-refractivity contribution is 5.86. The minimum Gasteiger partial charge on any atom is -0.367 e. The molecule has 1 aromatic carbocycles. The van der Waals surface area contributed by atoms with Gasteiger partial charge in [-0.25, -0.2) is 0 Å². The third-order valence-corrected chi connectivity index (χ3v) is 3.31. The van der Waals surface area contributed by atoms with Gasteiger partial charge in [-0.15, -0.1) is 0 Å². The number of amidine groups is 1. The maximum absolute atomic E-state index is 4.72. The summed E-state index contributed by atoms with van der Waals surface area (Å²) in [6.45, 7) is 4.20.